The van der Waals surface area contributed by atoms with Crippen LogP contribution in [0.15, 0.2) is 77.7 Å². The fourth-order valence-electron chi connectivity index (χ4n) is 4.45. The summed E-state index contributed by atoms with van der Waals surface area (Å²) in [5, 5.41) is 2.22. The lowest BCUT2D eigenvalue weighted by Crippen LogP contribution is -2.52. The largest absolute Gasteiger partial charge is 0.417 e. The van der Waals surface area contributed by atoms with Gasteiger partial charge in [-0.05, 0) is 55.7 Å². The number of alkyl halides is 3. The highest BCUT2D eigenvalue weighted by molar-refractivity contribution is 7.92. The molecule has 0 saturated heterocycles. The molecule has 1 N–H and O–H groups in total. The maximum Gasteiger partial charge on any atom is 0.417 e. The molecule has 0 spiro atoms. The molecule has 12 heteroatoms. The number of benzene rings is 3. The van der Waals surface area contributed by atoms with Gasteiger partial charge < -0.3 is 10.2 Å². The Morgan fingerprint density at radius 1 is 0.977 bits per heavy atom. The second-order valence-corrected chi connectivity index (χ2v) is 12.3. The predicted octanol–water partition coefficient (Wildman–Crippen LogP) is 6.59. The topological polar surface area (TPSA) is 86.8 Å². The SMILES string of the molecule is CCCCNC(=O)[C@H](CC)N(Cc1ccc(C)cc1)C(=O)CN(c1ccc(Cl)c(C(F)(F)F)c1)S(=O)(=O)c1ccccc1. The zero-order valence-corrected chi connectivity index (χ0v) is 25.8. The number of hydrogen-bond donors (Lipinski definition) is 1. The minimum atomic E-state index is -4.87. The van der Waals surface area contributed by atoms with Gasteiger partial charge in [0, 0.05) is 13.1 Å². The van der Waals surface area contributed by atoms with E-state index in [-0.39, 0.29) is 17.9 Å². The summed E-state index contributed by atoms with van der Waals surface area (Å²) in [4.78, 5) is 28.3. The van der Waals surface area contributed by atoms with Crippen LogP contribution in [-0.2, 0) is 32.3 Å². The van der Waals surface area contributed by atoms with Gasteiger partial charge in [-0.15, -0.1) is 0 Å². The van der Waals surface area contributed by atoms with Crippen LogP contribution in [0.3, 0.4) is 0 Å². The van der Waals surface area contributed by atoms with E-state index in [2.05, 4.69) is 5.32 Å². The molecule has 0 heterocycles. The summed E-state index contributed by atoms with van der Waals surface area (Å²) in [6, 6.07) is 16.1. The highest BCUT2D eigenvalue weighted by Gasteiger charge is 2.37. The summed E-state index contributed by atoms with van der Waals surface area (Å²) >= 11 is 5.81. The van der Waals surface area contributed by atoms with Gasteiger partial charge in [-0.1, -0.05) is 79.9 Å². The number of hydrogen-bond acceptors (Lipinski definition) is 4. The molecule has 3 aromatic carbocycles. The molecule has 0 aliphatic rings. The second kappa shape index (κ2) is 14.7. The monoisotopic (exact) mass is 637 g/mol. The summed E-state index contributed by atoms with van der Waals surface area (Å²) in [5.41, 5.74) is 0.0340. The summed E-state index contributed by atoms with van der Waals surface area (Å²) in [6.07, 6.45) is -3.08. The van der Waals surface area contributed by atoms with Crippen LogP contribution in [0.25, 0.3) is 0 Å². The fraction of sp³-hybridized carbons (Fsp3) is 0.355. The molecule has 3 rings (SSSR count). The summed E-state index contributed by atoms with van der Waals surface area (Å²) < 4.78 is 69.6. The van der Waals surface area contributed by atoms with Crippen molar-refractivity contribution in [2.45, 2.75) is 63.7 Å². The van der Waals surface area contributed by atoms with Gasteiger partial charge in [0.2, 0.25) is 11.8 Å². The lowest BCUT2D eigenvalue weighted by atomic mass is 10.1. The van der Waals surface area contributed by atoms with Gasteiger partial charge in [-0.2, -0.15) is 13.2 Å². The van der Waals surface area contributed by atoms with Crippen LogP contribution < -0.4 is 9.62 Å². The second-order valence-electron chi connectivity index (χ2n) is 10.1. The molecule has 0 aliphatic carbocycles. The first-order valence-electron chi connectivity index (χ1n) is 13.9. The first-order chi connectivity index (χ1) is 20.3. The van der Waals surface area contributed by atoms with Gasteiger partial charge in [-0.3, -0.25) is 13.9 Å². The quantitative estimate of drug-likeness (QED) is 0.214. The average molecular weight is 638 g/mol. The number of carbonyl (C=O) groups is 2. The zero-order valence-electron chi connectivity index (χ0n) is 24.2. The van der Waals surface area contributed by atoms with Crippen molar-refractivity contribution in [3.8, 4) is 0 Å². The number of rotatable bonds is 13. The molecule has 0 fully saturated rings. The van der Waals surface area contributed by atoms with E-state index >= 15 is 0 Å². The average Bonchev–Trinajstić information content (AvgIpc) is 2.97. The highest BCUT2D eigenvalue weighted by atomic mass is 35.5. The summed E-state index contributed by atoms with van der Waals surface area (Å²) in [7, 11) is -4.53. The number of carbonyl (C=O) groups excluding carboxylic acids is 2. The minimum absolute atomic E-state index is 0.0214. The first kappa shape index (κ1) is 33.9. The molecule has 0 bridgehead atoms. The van der Waals surface area contributed by atoms with E-state index < -0.39 is 56.9 Å². The van der Waals surface area contributed by atoms with E-state index in [9.17, 15) is 31.2 Å². The van der Waals surface area contributed by atoms with Crippen molar-refractivity contribution in [1.29, 1.82) is 0 Å². The van der Waals surface area contributed by atoms with Crippen LogP contribution in [0.4, 0.5) is 18.9 Å². The number of nitrogens with one attached hydrogen (secondary N) is 1. The number of halogens is 4. The third-order valence-corrected chi connectivity index (χ3v) is 8.96. The Balaban J connectivity index is 2.11. The lowest BCUT2D eigenvalue weighted by Gasteiger charge is -2.33. The molecule has 1 atom stereocenters. The Morgan fingerprint density at radius 2 is 1.63 bits per heavy atom. The number of amides is 2. The van der Waals surface area contributed by atoms with Crippen molar-refractivity contribution >= 4 is 39.1 Å². The van der Waals surface area contributed by atoms with Gasteiger partial charge in [0.25, 0.3) is 10.0 Å². The Hall–Kier alpha value is -3.57. The Labute approximate surface area is 255 Å². The van der Waals surface area contributed by atoms with Crippen LogP contribution in [0, 0.1) is 6.92 Å². The van der Waals surface area contributed by atoms with Gasteiger partial charge in [0.1, 0.15) is 12.6 Å². The third kappa shape index (κ3) is 8.73. The number of sulfonamides is 1. The van der Waals surface area contributed by atoms with E-state index in [0.29, 0.717) is 22.5 Å². The van der Waals surface area contributed by atoms with Gasteiger partial charge in [-0.25, -0.2) is 8.42 Å². The molecular formula is C31H35ClF3N3O4S. The van der Waals surface area contributed by atoms with Crippen LogP contribution in [0.2, 0.25) is 5.02 Å². The smallest absolute Gasteiger partial charge is 0.354 e. The number of anilines is 1. The van der Waals surface area contributed by atoms with Crippen LogP contribution in [-0.4, -0.2) is 44.3 Å². The van der Waals surface area contributed by atoms with Crippen LogP contribution in [0.5, 0.6) is 0 Å². The molecule has 0 saturated carbocycles. The molecule has 0 radical (unpaired) electrons. The molecule has 0 aromatic heterocycles. The van der Waals surface area contributed by atoms with Crippen LogP contribution >= 0.6 is 11.6 Å². The van der Waals surface area contributed by atoms with Crippen LogP contribution in [0.1, 0.15) is 49.8 Å². The van der Waals surface area contributed by atoms with Crippen molar-refractivity contribution < 1.29 is 31.2 Å². The maximum atomic E-state index is 14.1. The molecule has 2 amide bonds. The predicted molar refractivity (Wildman–Crippen MR) is 161 cm³/mol. The van der Waals surface area contributed by atoms with E-state index in [1.165, 1.54) is 29.2 Å². The lowest BCUT2D eigenvalue weighted by molar-refractivity contribution is -0.140. The maximum absolute atomic E-state index is 14.1. The number of aryl methyl sites for hydroxylation is 1. The fourth-order valence-corrected chi connectivity index (χ4v) is 6.10. The highest BCUT2D eigenvalue weighted by Crippen LogP contribution is 2.38. The normalized spacial score (nSPS) is 12.4. The third-order valence-electron chi connectivity index (χ3n) is 6.84. The molecular weight excluding hydrogens is 603 g/mol. The standard InChI is InChI=1S/C31H35ClF3N3O4S/c1-4-6-18-36-30(40)28(5-2)37(20-23-14-12-22(3)13-15-23)29(39)21-38(43(41,42)25-10-8-7-9-11-25)24-16-17-27(32)26(19-24)31(33,34)35/h7-17,19,28H,4-6,18,20-21H2,1-3H3,(H,36,40)/t28-/m0/s1. The van der Waals surface area contributed by atoms with Crippen molar-refractivity contribution in [3.63, 3.8) is 0 Å². The van der Waals surface area contributed by atoms with Gasteiger partial charge in [0.15, 0.2) is 0 Å². The summed E-state index contributed by atoms with van der Waals surface area (Å²) in [5.74, 6) is -1.17. The Bertz CT molecular complexity index is 1500. The van der Waals surface area contributed by atoms with Crippen molar-refractivity contribution in [1.82, 2.24) is 10.2 Å². The molecule has 43 heavy (non-hydrogen) atoms. The zero-order chi connectivity index (χ0) is 31.8. The Morgan fingerprint density at radius 3 is 2.21 bits per heavy atom. The molecule has 7 nitrogen and oxygen atoms in total. The van der Waals surface area contributed by atoms with Crippen molar-refractivity contribution in [2.24, 2.45) is 0 Å². The molecule has 0 aliphatic heterocycles. The minimum Gasteiger partial charge on any atom is -0.354 e. The number of unbranched alkanes of at least 4 members (excludes halogenated alkanes) is 1. The number of nitrogens with zero attached hydrogens (tertiary/aromatic N) is 2. The van der Waals surface area contributed by atoms with E-state index in [1.807, 2.05) is 26.0 Å². The van der Waals surface area contributed by atoms with Gasteiger partial charge in [0.05, 0.1) is 21.2 Å². The van der Waals surface area contributed by atoms with E-state index in [4.69, 9.17) is 11.6 Å². The van der Waals surface area contributed by atoms with Crippen molar-refractivity contribution in [2.75, 3.05) is 17.4 Å². The molecule has 232 valence electrons. The van der Waals surface area contributed by atoms with E-state index in [1.54, 1.807) is 25.1 Å². The Kier molecular flexibility index (Phi) is 11.6. The molecule has 3 aromatic rings. The van der Waals surface area contributed by atoms with Gasteiger partial charge >= 0.3 is 6.18 Å². The summed E-state index contributed by atoms with van der Waals surface area (Å²) in [6.45, 7) is 5.12. The van der Waals surface area contributed by atoms with Crippen molar-refractivity contribution in [3.05, 3.63) is 94.5 Å². The first-order valence-corrected chi connectivity index (χ1v) is 15.7. The van der Waals surface area contributed by atoms with E-state index in [0.717, 1.165) is 30.5 Å². The molecule has 0 unspecified atom stereocenters.